The average molecular weight is 329 g/mol. The third kappa shape index (κ3) is 2.87. The number of hydrogen-bond donors (Lipinski definition) is 1. The van der Waals surface area contributed by atoms with Gasteiger partial charge in [0.25, 0.3) is 0 Å². The molecule has 0 fully saturated rings. The maximum absolute atomic E-state index is 5.70. The molecule has 4 rings (SSSR count). The number of nitrogens with one attached hydrogen (secondary N) is 1. The second-order valence-corrected chi connectivity index (χ2v) is 6.00. The summed E-state index contributed by atoms with van der Waals surface area (Å²) in [5, 5.41) is 6.01. The van der Waals surface area contributed by atoms with Gasteiger partial charge in [0.2, 0.25) is 0 Å². The van der Waals surface area contributed by atoms with Crippen LogP contribution in [-0.2, 0) is 0 Å². The average Bonchev–Trinajstić information content (AvgIpc) is 3.10. The highest BCUT2D eigenvalue weighted by atomic mass is 32.1. The summed E-state index contributed by atoms with van der Waals surface area (Å²) < 4.78 is 16.7. The van der Waals surface area contributed by atoms with Crippen LogP contribution in [0.3, 0.4) is 0 Å². The first-order valence-corrected chi connectivity index (χ1v) is 8.20. The summed E-state index contributed by atoms with van der Waals surface area (Å²) in [5.41, 5.74) is 2.52. The van der Waals surface area contributed by atoms with Crippen molar-refractivity contribution < 1.29 is 13.9 Å². The Morgan fingerprint density at radius 1 is 1.17 bits per heavy atom. The third-order valence-corrected chi connectivity index (χ3v) is 4.24. The van der Waals surface area contributed by atoms with Crippen LogP contribution in [0.5, 0.6) is 11.5 Å². The number of aryl methyl sites for hydroxylation is 1. The molecule has 2 aromatic heterocycles. The second-order valence-electron chi connectivity index (χ2n) is 5.14. The van der Waals surface area contributed by atoms with E-state index in [1.807, 2.05) is 30.5 Å². The minimum atomic E-state index is 0.669. The van der Waals surface area contributed by atoms with Crippen LogP contribution in [0.15, 0.2) is 34.4 Å². The van der Waals surface area contributed by atoms with Gasteiger partial charge < -0.3 is 19.2 Å². The molecule has 0 bridgehead atoms. The Bertz CT molecular complexity index is 828. The SMILES string of the molecule is Cc1ncoc1-c1csc(Nc2ccc3c(c2)OCCCO3)n1. The van der Waals surface area contributed by atoms with Crippen LogP contribution < -0.4 is 14.8 Å². The highest BCUT2D eigenvalue weighted by Crippen LogP contribution is 2.34. The van der Waals surface area contributed by atoms with Gasteiger partial charge in [-0.05, 0) is 19.1 Å². The van der Waals surface area contributed by atoms with Gasteiger partial charge in [0.05, 0.1) is 18.9 Å². The van der Waals surface area contributed by atoms with Crippen molar-refractivity contribution in [1.29, 1.82) is 0 Å². The molecule has 1 aromatic carbocycles. The van der Waals surface area contributed by atoms with Gasteiger partial charge in [-0.2, -0.15) is 0 Å². The zero-order chi connectivity index (χ0) is 15.6. The largest absolute Gasteiger partial charge is 0.490 e. The normalized spacial score (nSPS) is 13.6. The lowest BCUT2D eigenvalue weighted by molar-refractivity contribution is 0.297. The number of rotatable bonds is 3. The first-order chi connectivity index (χ1) is 11.3. The zero-order valence-electron chi connectivity index (χ0n) is 12.5. The lowest BCUT2D eigenvalue weighted by Crippen LogP contribution is -1.97. The number of nitrogens with zero attached hydrogens (tertiary/aromatic N) is 2. The quantitative estimate of drug-likeness (QED) is 0.783. The van der Waals surface area contributed by atoms with Crippen molar-refractivity contribution in [3.8, 4) is 23.0 Å². The Balaban J connectivity index is 1.56. The molecule has 6 nitrogen and oxygen atoms in total. The van der Waals surface area contributed by atoms with E-state index in [2.05, 4.69) is 15.3 Å². The molecule has 0 amide bonds. The minimum absolute atomic E-state index is 0.669. The van der Waals surface area contributed by atoms with E-state index in [0.717, 1.165) is 40.1 Å². The third-order valence-electron chi connectivity index (χ3n) is 3.48. The predicted octanol–water partition coefficient (Wildman–Crippen LogP) is 4.01. The van der Waals surface area contributed by atoms with E-state index in [9.17, 15) is 0 Å². The Morgan fingerprint density at radius 2 is 2.04 bits per heavy atom. The Hall–Kier alpha value is -2.54. The van der Waals surface area contributed by atoms with E-state index < -0.39 is 0 Å². The molecular weight excluding hydrogens is 314 g/mol. The molecule has 0 saturated heterocycles. The number of benzene rings is 1. The summed E-state index contributed by atoms with van der Waals surface area (Å²) in [6.45, 7) is 3.25. The van der Waals surface area contributed by atoms with Gasteiger partial charge in [-0.15, -0.1) is 11.3 Å². The predicted molar refractivity (Wildman–Crippen MR) is 87.7 cm³/mol. The lowest BCUT2D eigenvalue weighted by Gasteiger charge is -2.09. The van der Waals surface area contributed by atoms with E-state index in [1.54, 1.807) is 0 Å². The minimum Gasteiger partial charge on any atom is -0.490 e. The summed E-state index contributed by atoms with van der Waals surface area (Å²) in [6, 6.07) is 5.80. The van der Waals surface area contributed by atoms with Crippen molar-refractivity contribution in [1.82, 2.24) is 9.97 Å². The molecule has 23 heavy (non-hydrogen) atoms. The highest BCUT2D eigenvalue weighted by molar-refractivity contribution is 7.14. The second kappa shape index (κ2) is 5.92. The summed E-state index contributed by atoms with van der Waals surface area (Å²) in [5.74, 6) is 2.24. The molecule has 0 radical (unpaired) electrons. The molecule has 118 valence electrons. The number of anilines is 2. The summed E-state index contributed by atoms with van der Waals surface area (Å²) in [4.78, 5) is 8.63. The van der Waals surface area contributed by atoms with Crippen LogP contribution >= 0.6 is 11.3 Å². The summed E-state index contributed by atoms with van der Waals surface area (Å²) in [6.07, 6.45) is 2.32. The smallest absolute Gasteiger partial charge is 0.187 e. The zero-order valence-corrected chi connectivity index (χ0v) is 13.4. The monoisotopic (exact) mass is 329 g/mol. The van der Waals surface area contributed by atoms with Crippen LogP contribution in [-0.4, -0.2) is 23.2 Å². The molecule has 0 aliphatic carbocycles. The van der Waals surface area contributed by atoms with Crippen molar-refractivity contribution in [2.24, 2.45) is 0 Å². The number of hydrogen-bond acceptors (Lipinski definition) is 7. The van der Waals surface area contributed by atoms with Crippen LogP contribution in [0.4, 0.5) is 10.8 Å². The van der Waals surface area contributed by atoms with Crippen molar-refractivity contribution in [3.05, 3.63) is 35.7 Å². The van der Waals surface area contributed by atoms with Crippen LogP contribution in [0.2, 0.25) is 0 Å². The van der Waals surface area contributed by atoms with Gasteiger partial charge in [0, 0.05) is 23.6 Å². The molecule has 0 saturated carbocycles. The van der Waals surface area contributed by atoms with Gasteiger partial charge >= 0.3 is 0 Å². The summed E-state index contributed by atoms with van der Waals surface area (Å²) >= 11 is 1.51. The Kier molecular flexibility index (Phi) is 3.63. The van der Waals surface area contributed by atoms with Crippen LogP contribution in [0, 0.1) is 6.92 Å². The number of fused-ring (bicyclic) bond motifs is 1. The molecular formula is C16H15N3O3S. The van der Waals surface area contributed by atoms with E-state index in [-0.39, 0.29) is 0 Å². The van der Waals surface area contributed by atoms with Crippen LogP contribution in [0.25, 0.3) is 11.5 Å². The number of ether oxygens (including phenoxy) is 2. The molecule has 3 aromatic rings. The molecule has 7 heteroatoms. The molecule has 1 N–H and O–H groups in total. The molecule has 0 spiro atoms. The van der Waals surface area contributed by atoms with Crippen molar-refractivity contribution in [3.63, 3.8) is 0 Å². The molecule has 3 heterocycles. The summed E-state index contributed by atoms with van der Waals surface area (Å²) in [7, 11) is 0. The maximum Gasteiger partial charge on any atom is 0.187 e. The highest BCUT2D eigenvalue weighted by Gasteiger charge is 2.13. The topological polar surface area (TPSA) is 69.4 Å². The van der Waals surface area contributed by atoms with Gasteiger partial charge in [-0.3, -0.25) is 0 Å². The fourth-order valence-electron chi connectivity index (χ4n) is 2.35. The van der Waals surface area contributed by atoms with E-state index >= 15 is 0 Å². The van der Waals surface area contributed by atoms with E-state index in [4.69, 9.17) is 13.9 Å². The number of oxazole rings is 1. The maximum atomic E-state index is 5.70. The fourth-order valence-corrected chi connectivity index (χ4v) is 3.06. The Morgan fingerprint density at radius 3 is 2.87 bits per heavy atom. The molecule has 1 aliphatic rings. The Labute approximate surface area is 137 Å². The molecule has 0 atom stereocenters. The van der Waals surface area contributed by atoms with Gasteiger partial charge in [0.1, 0.15) is 5.69 Å². The van der Waals surface area contributed by atoms with Crippen molar-refractivity contribution in [2.75, 3.05) is 18.5 Å². The van der Waals surface area contributed by atoms with Crippen molar-refractivity contribution >= 4 is 22.2 Å². The van der Waals surface area contributed by atoms with Crippen LogP contribution in [0.1, 0.15) is 12.1 Å². The number of aromatic nitrogens is 2. The standard InChI is InChI=1S/C16H15N3O3S/c1-10-15(22-9-17-10)12-8-23-16(19-12)18-11-3-4-13-14(7-11)21-6-2-5-20-13/h3-4,7-9H,2,5-6H2,1H3,(H,18,19). The van der Waals surface area contributed by atoms with E-state index in [0.29, 0.717) is 19.0 Å². The van der Waals surface area contributed by atoms with Gasteiger partial charge in [-0.1, -0.05) is 0 Å². The fraction of sp³-hybridized carbons (Fsp3) is 0.250. The first-order valence-electron chi connectivity index (χ1n) is 7.32. The lowest BCUT2D eigenvalue weighted by atomic mass is 10.3. The van der Waals surface area contributed by atoms with Gasteiger partial charge in [0.15, 0.2) is 28.8 Å². The molecule has 1 aliphatic heterocycles. The number of thiazole rings is 1. The van der Waals surface area contributed by atoms with E-state index in [1.165, 1.54) is 17.7 Å². The molecule has 0 unspecified atom stereocenters. The first kappa shape index (κ1) is 14.1. The van der Waals surface area contributed by atoms with Crippen molar-refractivity contribution in [2.45, 2.75) is 13.3 Å². The van der Waals surface area contributed by atoms with Gasteiger partial charge in [-0.25, -0.2) is 9.97 Å².